The second kappa shape index (κ2) is 6.72. The lowest BCUT2D eigenvalue weighted by molar-refractivity contribution is -0.124. The summed E-state index contributed by atoms with van der Waals surface area (Å²) in [4.78, 5) is 16.2. The molecule has 0 aliphatic carbocycles. The molecule has 0 bridgehead atoms. The topological polar surface area (TPSA) is 101 Å². The Balaban J connectivity index is 2.78. The zero-order chi connectivity index (χ0) is 14.4. The summed E-state index contributed by atoms with van der Waals surface area (Å²) >= 11 is 0. The molecular weight excluding hydrogens is 244 g/mol. The molecule has 1 heterocycles. The van der Waals surface area contributed by atoms with Gasteiger partial charge in [0.2, 0.25) is 5.91 Å². The highest BCUT2D eigenvalue weighted by Gasteiger charge is 2.27. The number of hydrogen-bond acceptors (Lipinski definition) is 4. The minimum absolute atomic E-state index is 0.0583. The summed E-state index contributed by atoms with van der Waals surface area (Å²) in [7, 11) is 0. The van der Waals surface area contributed by atoms with Crippen molar-refractivity contribution >= 4 is 11.7 Å². The van der Waals surface area contributed by atoms with Crippen LogP contribution < -0.4 is 11.1 Å². The third-order valence-corrected chi connectivity index (χ3v) is 2.93. The lowest BCUT2D eigenvalue weighted by Crippen LogP contribution is -2.42. The highest BCUT2D eigenvalue weighted by atomic mass is 16.4. The van der Waals surface area contributed by atoms with E-state index in [1.165, 1.54) is 0 Å². The Kier molecular flexibility index (Phi) is 5.29. The van der Waals surface area contributed by atoms with Gasteiger partial charge in [-0.05, 0) is 24.5 Å². The molecule has 0 fully saturated rings. The molecule has 1 aromatic rings. The van der Waals surface area contributed by atoms with Gasteiger partial charge in [0.05, 0.1) is 6.04 Å². The Morgan fingerprint density at radius 1 is 1.47 bits per heavy atom. The first-order valence-electron chi connectivity index (χ1n) is 6.15. The quantitative estimate of drug-likeness (QED) is 0.323. The molecule has 0 aromatic carbocycles. The van der Waals surface area contributed by atoms with Crippen LogP contribution in [-0.2, 0) is 4.79 Å². The average Bonchev–Trinajstić information content (AvgIpc) is 2.39. The van der Waals surface area contributed by atoms with Gasteiger partial charge in [0.1, 0.15) is 5.92 Å². The number of aromatic nitrogens is 1. The number of amidine groups is 1. The van der Waals surface area contributed by atoms with Gasteiger partial charge in [-0.1, -0.05) is 25.1 Å². The molecule has 19 heavy (non-hydrogen) atoms. The van der Waals surface area contributed by atoms with Crippen LogP contribution in [0, 0.1) is 11.8 Å². The standard InChI is InChI=1S/C13H20N4O2/c1-8(2)11(12(14)17-19)13(18)16-9(3)10-5-4-6-15-7-10/h4-9,11,19H,1-3H3,(H2,14,17)(H,16,18). The Morgan fingerprint density at radius 3 is 2.63 bits per heavy atom. The normalized spacial score (nSPS) is 15.1. The SMILES string of the molecule is CC(NC(=O)C(C(N)=NO)C(C)C)c1cccnc1. The average molecular weight is 264 g/mol. The highest BCUT2D eigenvalue weighted by Crippen LogP contribution is 2.15. The molecule has 0 radical (unpaired) electrons. The summed E-state index contributed by atoms with van der Waals surface area (Å²) < 4.78 is 0. The van der Waals surface area contributed by atoms with Crippen LogP contribution in [-0.4, -0.2) is 21.9 Å². The van der Waals surface area contributed by atoms with Gasteiger partial charge in [0.25, 0.3) is 0 Å². The van der Waals surface area contributed by atoms with Crippen molar-refractivity contribution in [2.24, 2.45) is 22.7 Å². The van der Waals surface area contributed by atoms with E-state index in [0.29, 0.717) is 0 Å². The summed E-state index contributed by atoms with van der Waals surface area (Å²) in [6.45, 7) is 5.55. The fourth-order valence-corrected chi connectivity index (χ4v) is 1.86. The zero-order valence-electron chi connectivity index (χ0n) is 11.4. The van der Waals surface area contributed by atoms with E-state index in [1.54, 1.807) is 12.4 Å². The first-order chi connectivity index (χ1) is 8.97. The van der Waals surface area contributed by atoms with Gasteiger partial charge in [-0.2, -0.15) is 0 Å². The van der Waals surface area contributed by atoms with Crippen molar-refractivity contribution in [2.75, 3.05) is 0 Å². The molecule has 104 valence electrons. The fourth-order valence-electron chi connectivity index (χ4n) is 1.86. The van der Waals surface area contributed by atoms with Crippen LogP contribution >= 0.6 is 0 Å². The molecule has 1 amide bonds. The number of carbonyl (C=O) groups excluding carboxylic acids is 1. The monoisotopic (exact) mass is 264 g/mol. The molecule has 0 saturated heterocycles. The molecule has 1 aromatic heterocycles. The van der Waals surface area contributed by atoms with Crippen molar-refractivity contribution in [3.8, 4) is 0 Å². The first-order valence-corrected chi connectivity index (χ1v) is 6.15. The molecule has 6 nitrogen and oxygen atoms in total. The zero-order valence-corrected chi connectivity index (χ0v) is 11.4. The second-order valence-corrected chi connectivity index (χ2v) is 4.76. The van der Waals surface area contributed by atoms with E-state index >= 15 is 0 Å². The van der Waals surface area contributed by atoms with E-state index in [-0.39, 0.29) is 23.7 Å². The second-order valence-electron chi connectivity index (χ2n) is 4.76. The molecule has 1 rings (SSSR count). The summed E-state index contributed by atoms with van der Waals surface area (Å²) in [5.74, 6) is -1.05. The van der Waals surface area contributed by atoms with Crippen LogP contribution in [0.2, 0.25) is 0 Å². The predicted octanol–water partition coefficient (Wildman–Crippen LogP) is 1.28. The summed E-state index contributed by atoms with van der Waals surface area (Å²) in [6.07, 6.45) is 3.37. The number of oxime groups is 1. The number of amides is 1. The maximum atomic E-state index is 12.2. The number of hydrogen-bond donors (Lipinski definition) is 3. The summed E-state index contributed by atoms with van der Waals surface area (Å²) in [5, 5.41) is 14.5. The maximum absolute atomic E-state index is 12.2. The van der Waals surface area contributed by atoms with Gasteiger partial charge in [-0.3, -0.25) is 9.78 Å². The van der Waals surface area contributed by atoms with Crippen molar-refractivity contribution in [3.05, 3.63) is 30.1 Å². The van der Waals surface area contributed by atoms with E-state index in [4.69, 9.17) is 10.9 Å². The van der Waals surface area contributed by atoms with E-state index in [0.717, 1.165) is 5.56 Å². The van der Waals surface area contributed by atoms with E-state index < -0.39 is 5.92 Å². The molecule has 0 aliphatic heterocycles. The Hall–Kier alpha value is -2.11. The van der Waals surface area contributed by atoms with Crippen molar-refractivity contribution in [1.29, 1.82) is 0 Å². The lowest BCUT2D eigenvalue weighted by atomic mass is 9.93. The molecule has 2 atom stereocenters. The molecule has 0 saturated carbocycles. The van der Waals surface area contributed by atoms with Crippen LogP contribution in [0.3, 0.4) is 0 Å². The first kappa shape index (κ1) is 14.9. The number of nitrogens with zero attached hydrogens (tertiary/aromatic N) is 2. The van der Waals surface area contributed by atoms with Crippen molar-refractivity contribution in [1.82, 2.24) is 10.3 Å². The number of pyridine rings is 1. The van der Waals surface area contributed by atoms with Crippen LogP contribution in [0.1, 0.15) is 32.4 Å². The van der Waals surface area contributed by atoms with Crippen molar-refractivity contribution in [3.63, 3.8) is 0 Å². The van der Waals surface area contributed by atoms with E-state index in [9.17, 15) is 4.79 Å². The van der Waals surface area contributed by atoms with Crippen LogP contribution in [0.5, 0.6) is 0 Å². The molecular formula is C13H20N4O2. The predicted molar refractivity (Wildman–Crippen MR) is 72.5 cm³/mol. The third-order valence-electron chi connectivity index (χ3n) is 2.93. The Bertz CT molecular complexity index is 445. The summed E-state index contributed by atoms with van der Waals surface area (Å²) in [5.41, 5.74) is 6.46. The van der Waals surface area contributed by atoms with Crippen molar-refractivity contribution in [2.45, 2.75) is 26.8 Å². The lowest BCUT2D eigenvalue weighted by Gasteiger charge is -2.21. The third kappa shape index (κ3) is 3.94. The van der Waals surface area contributed by atoms with Crippen LogP contribution in [0.15, 0.2) is 29.7 Å². The molecule has 0 aliphatic rings. The van der Waals surface area contributed by atoms with Gasteiger partial charge in [-0.15, -0.1) is 0 Å². The highest BCUT2D eigenvalue weighted by molar-refractivity contribution is 6.02. The van der Waals surface area contributed by atoms with Gasteiger partial charge in [0, 0.05) is 12.4 Å². The largest absolute Gasteiger partial charge is 0.409 e. The maximum Gasteiger partial charge on any atom is 0.231 e. The molecule has 4 N–H and O–H groups in total. The summed E-state index contributed by atoms with van der Waals surface area (Å²) in [6, 6.07) is 3.50. The Morgan fingerprint density at radius 2 is 2.16 bits per heavy atom. The van der Waals surface area contributed by atoms with Crippen LogP contribution in [0.4, 0.5) is 0 Å². The van der Waals surface area contributed by atoms with Gasteiger partial charge in [-0.25, -0.2) is 0 Å². The number of nitrogens with two attached hydrogens (primary N) is 1. The Labute approximate surface area is 112 Å². The molecule has 6 heteroatoms. The minimum Gasteiger partial charge on any atom is -0.409 e. The number of rotatable bonds is 5. The van der Waals surface area contributed by atoms with E-state index in [1.807, 2.05) is 32.9 Å². The van der Waals surface area contributed by atoms with Gasteiger partial charge < -0.3 is 16.3 Å². The smallest absolute Gasteiger partial charge is 0.231 e. The number of carbonyl (C=O) groups is 1. The molecule has 2 unspecified atom stereocenters. The minimum atomic E-state index is -0.649. The van der Waals surface area contributed by atoms with Gasteiger partial charge in [0.15, 0.2) is 5.84 Å². The van der Waals surface area contributed by atoms with E-state index in [2.05, 4.69) is 15.5 Å². The van der Waals surface area contributed by atoms with Crippen molar-refractivity contribution < 1.29 is 10.0 Å². The molecule has 0 spiro atoms. The fraction of sp³-hybridized carbons (Fsp3) is 0.462. The van der Waals surface area contributed by atoms with Crippen LogP contribution in [0.25, 0.3) is 0 Å². The number of nitrogens with one attached hydrogen (secondary N) is 1. The van der Waals surface area contributed by atoms with Gasteiger partial charge >= 0.3 is 0 Å².